The fourth-order valence-corrected chi connectivity index (χ4v) is 3.93. The molecule has 0 aliphatic carbocycles. The van der Waals surface area contributed by atoms with Crippen LogP contribution < -0.4 is 10.6 Å². The van der Waals surface area contributed by atoms with Gasteiger partial charge in [0.1, 0.15) is 6.04 Å². The van der Waals surface area contributed by atoms with Crippen molar-refractivity contribution in [3.63, 3.8) is 0 Å². The average molecular weight is 401 g/mol. The van der Waals surface area contributed by atoms with Crippen LogP contribution >= 0.6 is 11.8 Å². The van der Waals surface area contributed by atoms with Crippen LogP contribution in [0.4, 0.5) is 5.69 Å². The van der Waals surface area contributed by atoms with Gasteiger partial charge in [0.25, 0.3) is 11.8 Å². The van der Waals surface area contributed by atoms with Crippen molar-refractivity contribution in [3.05, 3.63) is 54.0 Å². The van der Waals surface area contributed by atoms with Gasteiger partial charge in [-0.1, -0.05) is 0 Å². The topological polar surface area (TPSA) is 91.7 Å². The average Bonchev–Trinajstić information content (AvgIpc) is 3.32. The molecule has 1 aromatic heterocycles. The summed E-state index contributed by atoms with van der Waals surface area (Å²) in [6.07, 6.45) is 1.43. The zero-order valence-electron chi connectivity index (χ0n) is 16.0. The lowest BCUT2D eigenvalue weighted by Gasteiger charge is -2.27. The first kappa shape index (κ1) is 20.0. The molecule has 1 aromatic carbocycles. The lowest BCUT2D eigenvalue weighted by Crippen LogP contribution is -2.52. The van der Waals surface area contributed by atoms with E-state index in [1.165, 1.54) is 6.26 Å². The Morgan fingerprint density at radius 2 is 1.86 bits per heavy atom. The van der Waals surface area contributed by atoms with E-state index in [0.29, 0.717) is 22.9 Å². The molecular formula is C20H23N3O4S. The van der Waals surface area contributed by atoms with Crippen LogP contribution in [-0.4, -0.2) is 45.8 Å². The summed E-state index contributed by atoms with van der Waals surface area (Å²) in [7, 11) is 0. The van der Waals surface area contributed by atoms with Gasteiger partial charge in [-0.2, -0.15) is 0 Å². The third-order valence-electron chi connectivity index (χ3n) is 4.08. The number of amides is 3. The van der Waals surface area contributed by atoms with E-state index in [0.717, 1.165) is 0 Å². The highest BCUT2D eigenvalue weighted by Crippen LogP contribution is 2.24. The molecule has 1 aliphatic heterocycles. The number of benzene rings is 1. The molecule has 2 heterocycles. The van der Waals surface area contributed by atoms with Crippen LogP contribution in [-0.2, 0) is 4.79 Å². The summed E-state index contributed by atoms with van der Waals surface area (Å²) in [6.45, 7) is 5.73. The van der Waals surface area contributed by atoms with Gasteiger partial charge in [-0.3, -0.25) is 14.4 Å². The Bertz CT molecular complexity index is 857. The number of nitrogens with zero attached hydrogens (tertiary/aromatic N) is 1. The minimum Gasteiger partial charge on any atom is -0.459 e. The first-order chi connectivity index (χ1) is 13.2. The summed E-state index contributed by atoms with van der Waals surface area (Å²) in [5.74, 6) is 0.542. The third-order valence-corrected chi connectivity index (χ3v) is 5.09. The maximum Gasteiger partial charge on any atom is 0.291 e. The Morgan fingerprint density at radius 1 is 1.14 bits per heavy atom. The van der Waals surface area contributed by atoms with Crippen LogP contribution in [0.1, 0.15) is 41.7 Å². The van der Waals surface area contributed by atoms with Gasteiger partial charge < -0.3 is 20.0 Å². The van der Waals surface area contributed by atoms with Gasteiger partial charge in [0.15, 0.2) is 5.76 Å². The molecule has 28 heavy (non-hydrogen) atoms. The largest absolute Gasteiger partial charge is 0.459 e. The number of carbonyl (C=O) groups is 3. The Morgan fingerprint density at radius 3 is 2.46 bits per heavy atom. The quantitative estimate of drug-likeness (QED) is 0.822. The summed E-state index contributed by atoms with van der Waals surface area (Å²) < 4.78 is 5.05. The molecule has 1 atom stereocenters. The predicted molar refractivity (Wildman–Crippen MR) is 108 cm³/mol. The number of rotatable bonds is 4. The van der Waals surface area contributed by atoms with Crippen LogP contribution in [0.15, 0.2) is 47.1 Å². The normalized spacial score (nSPS) is 16.7. The lowest BCUT2D eigenvalue weighted by atomic mass is 10.1. The van der Waals surface area contributed by atoms with Crippen molar-refractivity contribution >= 4 is 35.2 Å². The highest BCUT2D eigenvalue weighted by molar-refractivity contribution is 7.99. The SMILES string of the molecule is CC(C)(C)NC(=O)C1CSCN1C(=O)c1ccc(NC(=O)c2ccco2)cc1. The van der Waals surface area contributed by atoms with Crippen molar-refractivity contribution in [3.8, 4) is 0 Å². The highest BCUT2D eigenvalue weighted by atomic mass is 32.2. The molecule has 3 rings (SSSR count). The van der Waals surface area contributed by atoms with Crippen molar-refractivity contribution < 1.29 is 18.8 Å². The van der Waals surface area contributed by atoms with E-state index < -0.39 is 6.04 Å². The van der Waals surface area contributed by atoms with E-state index in [1.54, 1.807) is 53.1 Å². The van der Waals surface area contributed by atoms with E-state index in [-0.39, 0.29) is 29.0 Å². The molecular weight excluding hydrogens is 378 g/mol. The number of thioether (sulfide) groups is 1. The Balaban J connectivity index is 1.66. The van der Waals surface area contributed by atoms with E-state index >= 15 is 0 Å². The number of nitrogens with one attached hydrogen (secondary N) is 2. The Labute approximate surface area is 167 Å². The molecule has 0 saturated carbocycles. The van der Waals surface area contributed by atoms with Gasteiger partial charge in [0.2, 0.25) is 5.91 Å². The second kappa shape index (κ2) is 8.10. The van der Waals surface area contributed by atoms with Gasteiger partial charge in [0, 0.05) is 22.5 Å². The fourth-order valence-electron chi connectivity index (χ4n) is 2.78. The van der Waals surface area contributed by atoms with Gasteiger partial charge in [-0.05, 0) is 57.2 Å². The molecule has 3 amide bonds. The third kappa shape index (κ3) is 4.75. The van der Waals surface area contributed by atoms with Crippen molar-refractivity contribution in [1.82, 2.24) is 10.2 Å². The molecule has 1 aliphatic rings. The zero-order valence-corrected chi connectivity index (χ0v) is 16.8. The molecule has 0 spiro atoms. The summed E-state index contributed by atoms with van der Waals surface area (Å²) in [5.41, 5.74) is 0.662. The van der Waals surface area contributed by atoms with Crippen LogP contribution in [0.25, 0.3) is 0 Å². The van der Waals surface area contributed by atoms with Crippen LogP contribution in [0, 0.1) is 0 Å². The number of hydrogen-bond donors (Lipinski definition) is 2. The fraction of sp³-hybridized carbons (Fsp3) is 0.350. The van der Waals surface area contributed by atoms with Crippen LogP contribution in [0.2, 0.25) is 0 Å². The predicted octanol–water partition coefficient (Wildman–Crippen LogP) is 2.96. The Hall–Kier alpha value is -2.74. The summed E-state index contributed by atoms with van der Waals surface area (Å²) >= 11 is 1.55. The maximum absolute atomic E-state index is 12.9. The summed E-state index contributed by atoms with van der Waals surface area (Å²) in [6, 6.07) is 9.31. The molecule has 8 heteroatoms. The maximum atomic E-state index is 12.9. The summed E-state index contributed by atoms with van der Waals surface area (Å²) in [5, 5.41) is 5.65. The number of anilines is 1. The van der Waals surface area contributed by atoms with Crippen LogP contribution in [0.5, 0.6) is 0 Å². The van der Waals surface area contributed by atoms with Gasteiger partial charge >= 0.3 is 0 Å². The van der Waals surface area contributed by atoms with Gasteiger partial charge in [-0.15, -0.1) is 11.8 Å². The second-order valence-corrected chi connectivity index (χ2v) is 8.54. The smallest absolute Gasteiger partial charge is 0.291 e. The highest BCUT2D eigenvalue weighted by Gasteiger charge is 2.36. The molecule has 2 aromatic rings. The minimum atomic E-state index is -0.491. The summed E-state index contributed by atoms with van der Waals surface area (Å²) in [4.78, 5) is 39.0. The van der Waals surface area contributed by atoms with Crippen molar-refractivity contribution in [2.24, 2.45) is 0 Å². The second-order valence-electron chi connectivity index (χ2n) is 7.54. The van der Waals surface area contributed by atoms with E-state index in [9.17, 15) is 14.4 Å². The monoisotopic (exact) mass is 401 g/mol. The van der Waals surface area contributed by atoms with Crippen molar-refractivity contribution in [1.29, 1.82) is 0 Å². The van der Waals surface area contributed by atoms with E-state index in [4.69, 9.17) is 4.42 Å². The zero-order chi connectivity index (χ0) is 20.3. The standard InChI is InChI=1S/C20H23N3O4S/c1-20(2,3)22-17(24)15-11-28-12-23(15)19(26)13-6-8-14(9-7-13)21-18(25)16-5-4-10-27-16/h4-10,15H,11-12H2,1-3H3,(H,21,25)(H,22,24). The van der Waals surface area contributed by atoms with Gasteiger partial charge in [-0.25, -0.2) is 0 Å². The first-order valence-corrected chi connectivity index (χ1v) is 10.1. The molecule has 1 fully saturated rings. The van der Waals surface area contributed by atoms with Crippen molar-refractivity contribution in [2.45, 2.75) is 32.4 Å². The van der Waals surface area contributed by atoms with E-state index in [1.807, 2.05) is 20.8 Å². The first-order valence-electron chi connectivity index (χ1n) is 8.90. The van der Waals surface area contributed by atoms with Gasteiger partial charge in [0.05, 0.1) is 12.1 Å². The number of hydrogen-bond acceptors (Lipinski definition) is 5. The lowest BCUT2D eigenvalue weighted by molar-refractivity contribution is -0.125. The van der Waals surface area contributed by atoms with Crippen LogP contribution in [0.3, 0.4) is 0 Å². The molecule has 148 valence electrons. The molecule has 2 N–H and O–H groups in total. The molecule has 0 radical (unpaired) electrons. The molecule has 7 nitrogen and oxygen atoms in total. The number of carbonyl (C=O) groups excluding carboxylic acids is 3. The molecule has 0 bridgehead atoms. The van der Waals surface area contributed by atoms with E-state index in [2.05, 4.69) is 10.6 Å². The number of furan rings is 1. The minimum absolute atomic E-state index is 0.145. The molecule has 1 saturated heterocycles. The Kier molecular flexibility index (Phi) is 5.79. The molecule has 1 unspecified atom stereocenters. The van der Waals surface area contributed by atoms with Crippen molar-refractivity contribution in [2.75, 3.05) is 16.9 Å².